The molecular weight excluding hydrogens is 447 g/mol. The first-order chi connectivity index (χ1) is 15.1. The SMILES string of the molecule is FC(F)(F)Cc1cc2c(N3CCC4(CCN(CC5CCC(F)(F)CC5)C4)C3)ncnc2s1. The van der Waals surface area contributed by atoms with Crippen molar-refractivity contribution in [2.45, 2.75) is 57.0 Å². The lowest BCUT2D eigenvalue weighted by Crippen LogP contribution is -2.35. The smallest absolute Gasteiger partial charge is 0.355 e. The first-order valence-electron chi connectivity index (χ1n) is 11.3. The summed E-state index contributed by atoms with van der Waals surface area (Å²) in [7, 11) is 0. The lowest BCUT2D eigenvalue weighted by Gasteiger charge is -2.32. The van der Waals surface area contributed by atoms with Crippen molar-refractivity contribution in [1.29, 1.82) is 0 Å². The molecule has 3 aliphatic rings. The lowest BCUT2D eigenvalue weighted by atomic mass is 9.85. The van der Waals surface area contributed by atoms with Gasteiger partial charge in [-0.1, -0.05) is 0 Å². The standard InChI is InChI=1S/C22H27F5N4S/c23-21(24)3-1-15(2-4-21)11-30-7-5-20(12-30)6-8-31(13-20)18-17-9-16(10-22(25,26)27)32-19(17)29-14-28-18/h9,14-15H,1-8,10-13H2. The number of likely N-dealkylation sites (tertiary alicyclic amines) is 1. The maximum atomic E-state index is 13.4. The number of thiophene rings is 1. The molecular formula is C22H27F5N4S. The molecule has 32 heavy (non-hydrogen) atoms. The maximum absolute atomic E-state index is 13.4. The van der Waals surface area contributed by atoms with Crippen molar-refractivity contribution in [1.82, 2.24) is 14.9 Å². The van der Waals surface area contributed by atoms with Gasteiger partial charge < -0.3 is 9.80 Å². The van der Waals surface area contributed by atoms with Gasteiger partial charge in [-0.25, -0.2) is 18.7 Å². The van der Waals surface area contributed by atoms with Gasteiger partial charge in [-0.15, -0.1) is 11.3 Å². The number of anilines is 1. The Morgan fingerprint density at radius 1 is 1.03 bits per heavy atom. The van der Waals surface area contributed by atoms with Gasteiger partial charge in [-0.2, -0.15) is 13.2 Å². The molecule has 2 saturated heterocycles. The van der Waals surface area contributed by atoms with Crippen LogP contribution < -0.4 is 4.90 Å². The molecule has 2 aromatic heterocycles. The van der Waals surface area contributed by atoms with Crippen LogP contribution in [0.4, 0.5) is 27.8 Å². The highest BCUT2D eigenvalue weighted by molar-refractivity contribution is 7.18. The number of hydrogen-bond donors (Lipinski definition) is 0. The Kier molecular flexibility index (Phi) is 5.59. The van der Waals surface area contributed by atoms with Crippen LogP contribution in [0.1, 0.15) is 43.4 Å². The average Bonchev–Trinajstić information content (AvgIpc) is 3.41. The predicted molar refractivity (Wildman–Crippen MR) is 114 cm³/mol. The molecule has 0 bridgehead atoms. The van der Waals surface area contributed by atoms with Crippen molar-refractivity contribution in [2.75, 3.05) is 37.6 Å². The Bertz CT molecular complexity index is 967. The summed E-state index contributed by atoms with van der Waals surface area (Å²) < 4.78 is 65.4. The molecule has 4 heterocycles. The Labute approximate surface area is 187 Å². The van der Waals surface area contributed by atoms with Crippen molar-refractivity contribution in [2.24, 2.45) is 11.3 Å². The fourth-order valence-electron chi connectivity index (χ4n) is 5.71. The zero-order valence-electron chi connectivity index (χ0n) is 17.8. The molecule has 4 nitrogen and oxygen atoms in total. The third-order valence-electron chi connectivity index (χ3n) is 7.34. The highest BCUT2D eigenvalue weighted by atomic mass is 32.1. The first-order valence-corrected chi connectivity index (χ1v) is 12.1. The summed E-state index contributed by atoms with van der Waals surface area (Å²) in [6, 6.07) is 1.59. The molecule has 0 radical (unpaired) electrons. The van der Waals surface area contributed by atoms with E-state index in [-0.39, 0.29) is 23.1 Å². The van der Waals surface area contributed by atoms with Crippen LogP contribution in [-0.4, -0.2) is 59.7 Å². The number of halogens is 5. The Hall–Kier alpha value is -1.55. The summed E-state index contributed by atoms with van der Waals surface area (Å²) in [4.78, 5) is 14.1. The molecule has 1 atom stereocenters. The average molecular weight is 475 g/mol. The van der Waals surface area contributed by atoms with Gasteiger partial charge in [0.25, 0.3) is 0 Å². The Morgan fingerprint density at radius 2 is 1.78 bits per heavy atom. The third-order valence-corrected chi connectivity index (χ3v) is 8.39. The van der Waals surface area contributed by atoms with Gasteiger partial charge in [0, 0.05) is 49.3 Å². The number of rotatable bonds is 4. The van der Waals surface area contributed by atoms with E-state index in [9.17, 15) is 22.0 Å². The van der Waals surface area contributed by atoms with Gasteiger partial charge in [0.1, 0.15) is 17.0 Å². The maximum Gasteiger partial charge on any atom is 0.393 e. The van der Waals surface area contributed by atoms with Crippen molar-refractivity contribution in [3.8, 4) is 0 Å². The zero-order chi connectivity index (χ0) is 22.6. The van der Waals surface area contributed by atoms with Gasteiger partial charge in [-0.05, 0) is 44.2 Å². The van der Waals surface area contributed by atoms with Crippen LogP contribution in [0.15, 0.2) is 12.4 Å². The van der Waals surface area contributed by atoms with E-state index < -0.39 is 18.5 Å². The summed E-state index contributed by atoms with van der Waals surface area (Å²) in [5.41, 5.74) is 0.140. The lowest BCUT2D eigenvalue weighted by molar-refractivity contribution is -0.126. The summed E-state index contributed by atoms with van der Waals surface area (Å²) in [5, 5.41) is 0.701. The fraction of sp³-hybridized carbons (Fsp3) is 0.727. The molecule has 2 aromatic rings. The minimum absolute atomic E-state index is 0.00507. The van der Waals surface area contributed by atoms with Crippen LogP contribution in [-0.2, 0) is 6.42 Å². The summed E-state index contributed by atoms with van der Waals surface area (Å²) in [6.45, 7) is 4.46. The van der Waals surface area contributed by atoms with Crippen LogP contribution in [0.2, 0.25) is 0 Å². The molecule has 0 N–H and O–H groups in total. The Morgan fingerprint density at radius 3 is 2.53 bits per heavy atom. The molecule has 0 aromatic carbocycles. The zero-order valence-corrected chi connectivity index (χ0v) is 18.6. The second-order valence-electron chi connectivity index (χ2n) is 9.88. The van der Waals surface area contributed by atoms with E-state index in [1.165, 1.54) is 6.33 Å². The van der Waals surface area contributed by atoms with Crippen LogP contribution >= 0.6 is 11.3 Å². The minimum atomic E-state index is -4.24. The molecule has 3 fully saturated rings. The van der Waals surface area contributed by atoms with Crippen LogP contribution in [0.25, 0.3) is 10.2 Å². The molecule has 1 spiro atoms. The second kappa shape index (κ2) is 8.04. The van der Waals surface area contributed by atoms with E-state index in [2.05, 4.69) is 19.8 Å². The molecule has 0 amide bonds. The predicted octanol–water partition coefficient (Wildman–Crippen LogP) is 5.52. The molecule has 2 aliphatic heterocycles. The minimum Gasteiger partial charge on any atom is -0.355 e. The van der Waals surface area contributed by atoms with E-state index in [0.29, 0.717) is 29.0 Å². The summed E-state index contributed by atoms with van der Waals surface area (Å²) in [6.07, 6.45) is -0.472. The number of aromatic nitrogens is 2. The normalized spacial score (nSPS) is 27.2. The molecule has 5 rings (SSSR count). The van der Waals surface area contributed by atoms with Crippen molar-refractivity contribution in [3.63, 3.8) is 0 Å². The van der Waals surface area contributed by atoms with Gasteiger partial charge >= 0.3 is 6.18 Å². The second-order valence-corrected chi connectivity index (χ2v) is 11.0. The summed E-state index contributed by atoms with van der Waals surface area (Å²) in [5.74, 6) is -1.41. The number of alkyl halides is 5. The third kappa shape index (κ3) is 4.71. The van der Waals surface area contributed by atoms with Crippen LogP contribution in [0, 0.1) is 11.3 Å². The topological polar surface area (TPSA) is 32.3 Å². The van der Waals surface area contributed by atoms with E-state index in [0.717, 1.165) is 62.7 Å². The van der Waals surface area contributed by atoms with Gasteiger partial charge in [0.05, 0.1) is 11.8 Å². The Balaban J connectivity index is 1.24. The molecule has 1 aliphatic carbocycles. The van der Waals surface area contributed by atoms with Crippen molar-refractivity contribution in [3.05, 3.63) is 17.3 Å². The molecule has 1 unspecified atom stereocenters. The van der Waals surface area contributed by atoms with E-state index in [1.54, 1.807) is 6.07 Å². The summed E-state index contributed by atoms with van der Waals surface area (Å²) >= 11 is 1.08. The van der Waals surface area contributed by atoms with E-state index in [4.69, 9.17) is 0 Å². The molecule has 10 heteroatoms. The van der Waals surface area contributed by atoms with Crippen LogP contribution in [0.5, 0.6) is 0 Å². The number of nitrogens with zero attached hydrogens (tertiary/aromatic N) is 4. The molecule has 1 saturated carbocycles. The fourth-order valence-corrected chi connectivity index (χ4v) is 6.73. The van der Waals surface area contributed by atoms with Crippen molar-refractivity contribution >= 4 is 27.4 Å². The number of fused-ring (bicyclic) bond motifs is 1. The van der Waals surface area contributed by atoms with E-state index in [1.807, 2.05) is 0 Å². The largest absolute Gasteiger partial charge is 0.393 e. The van der Waals surface area contributed by atoms with Gasteiger partial charge in [0.2, 0.25) is 5.92 Å². The monoisotopic (exact) mass is 474 g/mol. The van der Waals surface area contributed by atoms with Crippen LogP contribution in [0.3, 0.4) is 0 Å². The van der Waals surface area contributed by atoms with Gasteiger partial charge in [-0.3, -0.25) is 0 Å². The first kappa shape index (κ1) is 22.3. The van der Waals surface area contributed by atoms with E-state index >= 15 is 0 Å². The highest BCUT2D eigenvalue weighted by Gasteiger charge is 2.45. The highest BCUT2D eigenvalue weighted by Crippen LogP contribution is 2.44. The van der Waals surface area contributed by atoms with Crippen molar-refractivity contribution < 1.29 is 22.0 Å². The number of hydrogen-bond acceptors (Lipinski definition) is 5. The molecule has 176 valence electrons. The van der Waals surface area contributed by atoms with Gasteiger partial charge in [0.15, 0.2) is 0 Å². The quantitative estimate of drug-likeness (QED) is 0.546.